The second kappa shape index (κ2) is 15.5. The van der Waals surface area contributed by atoms with Crippen LogP contribution < -0.4 is 19.1 Å². The number of carbonyl (C=O) groups excluding carboxylic acids is 2. The Kier molecular flexibility index (Phi) is 12.1. The number of ether oxygens (including phenoxy) is 2. The summed E-state index contributed by atoms with van der Waals surface area (Å²) in [5.74, 6) is -0.00565. The molecule has 3 rings (SSSR count). The van der Waals surface area contributed by atoms with Gasteiger partial charge in [-0.25, -0.2) is 8.42 Å². The number of amides is 2. The molecular formula is C31H38ClN3O6S. The number of halogens is 1. The minimum atomic E-state index is -4.26. The normalized spacial score (nSPS) is 11.8. The Labute approximate surface area is 253 Å². The molecular weight excluding hydrogens is 578 g/mol. The highest BCUT2D eigenvalue weighted by atomic mass is 35.5. The number of nitrogens with zero attached hydrogens (tertiary/aromatic N) is 2. The van der Waals surface area contributed by atoms with Crippen LogP contribution in [0.15, 0.2) is 77.7 Å². The molecule has 1 N–H and O–H groups in total. The fraction of sp³-hybridized carbons (Fsp3) is 0.355. The lowest BCUT2D eigenvalue weighted by Gasteiger charge is -2.32. The van der Waals surface area contributed by atoms with Crippen LogP contribution >= 0.6 is 11.6 Å². The molecule has 3 aromatic rings. The van der Waals surface area contributed by atoms with Gasteiger partial charge in [0, 0.05) is 18.1 Å². The van der Waals surface area contributed by atoms with Gasteiger partial charge in [-0.2, -0.15) is 0 Å². The second-order valence-corrected chi connectivity index (χ2v) is 11.9. The Bertz CT molecular complexity index is 1450. The number of sulfonamides is 1. The number of rotatable bonds is 15. The van der Waals surface area contributed by atoms with E-state index < -0.39 is 28.5 Å². The minimum Gasteiger partial charge on any atom is -0.497 e. The van der Waals surface area contributed by atoms with E-state index in [0.717, 1.165) is 22.7 Å². The molecule has 1 atom stereocenters. The number of hydrogen-bond acceptors (Lipinski definition) is 6. The number of anilines is 1. The van der Waals surface area contributed by atoms with E-state index in [1.165, 1.54) is 29.2 Å². The van der Waals surface area contributed by atoms with Crippen LogP contribution in [-0.4, -0.2) is 58.0 Å². The average Bonchev–Trinajstić information content (AvgIpc) is 2.99. The molecule has 11 heteroatoms. The molecule has 0 radical (unpaired) electrons. The summed E-state index contributed by atoms with van der Waals surface area (Å²) >= 11 is 6.02. The first-order valence-electron chi connectivity index (χ1n) is 13.8. The average molecular weight is 616 g/mol. The van der Waals surface area contributed by atoms with Crippen LogP contribution in [-0.2, 0) is 26.2 Å². The Hall–Kier alpha value is -3.76. The monoisotopic (exact) mass is 615 g/mol. The quantitative estimate of drug-likeness (QED) is 0.233. The van der Waals surface area contributed by atoms with Crippen molar-refractivity contribution in [3.8, 4) is 11.5 Å². The van der Waals surface area contributed by atoms with Crippen LogP contribution in [0.5, 0.6) is 11.5 Å². The summed E-state index contributed by atoms with van der Waals surface area (Å²) in [6, 6.07) is 18.6. The topological polar surface area (TPSA) is 105 Å². The van der Waals surface area contributed by atoms with E-state index in [4.69, 9.17) is 21.1 Å². The van der Waals surface area contributed by atoms with Crippen molar-refractivity contribution in [3.05, 3.63) is 83.4 Å². The summed E-state index contributed by atoms with van der Waals surface area (Å²) in [5, 5.41) is 3.25. The lowest BCUT2D eigenvalue weighted by molar-refractivity contribution is -0.139. The van der Waals surface area contributed by atoms with E-state index in [1.54, 1.807) is 63.4 Å². The van der Waals surface area contributed by atoms with Gasteiger partial charge in [-0.05, 0) is 74.4 Å². The summed E-state index contributed by atoms with van der Waals surface area (Å²) in [6.45, 7) is 5.67. The number of para-hydroxylation sites is 2. The summed E-state index contributed by atoms with van der Waals surface area (Å²) in [6.07, 6.45) is 1.70. The molecule has 0 heterocycles. The van der Waals surface area contributed by atoms with Crippen LogP contribution in [0, 0.1) is 0 Å². The number of carbonyl (C=O) groups is 2. The molecule has 0 saturated carbocycles. The third-order valence-electron chi connectivity index (χ3n) is 6.60. The van der Waals surface area contributed by atoms with Gasteiger partial charge < -0.3 is 19.7 Å². The van der Waals surface area contributed by atoms with Crippen molar-refractivity contribution in [3.63, 3.8) is 0 Å². The van der Waals surface area contributed by atoms with Gasteiger partial charge in [0.2, 0.25) is 11.8 Å². The van der Waals surface area contributed by atoms with Crippen molar-refractivity contribution in [2.24, 2.45) is 0 Å². The van der Waals surface area contributed by atoms with E-state index >= 15 is 0 Å². The standard InChI is InChI=1S/C31H38ClN3O6S/c1-5-7-19-33-31(37)23(3)34(21-24-11-10-12-26(20-24)40-4)30(36)22-35(28-13-8-9-14-29(28)41-6-2)42(38,39)27-17-15-25(32)16-18-27/h8-18,20,23H,5-7,19,21-22H2,1-4H3,(H,33,37). The van der Waals surface area contributed by atoms with Crippen LogP contribution in [0.25, 0.3) is 0 Å². The maximum absolute atomic E-state index is 14.1. The van der Waals surface area contributed by atoms with Gasteiger partial charge >= 0.3 is 0 Å². The number of nitrogens with one attached hydrogen (secondary N) is 1. The highest BCUT2D eigenvalue weighted by molar-refractivity contribution is 7.92. The Morgan fingerprint density at radius 2 is 1.71 bits per heavy atom. The van der Waals surface area contributed by atoms with Gasteiger partial charge in [-0.15, -0.1) is 0 Å². The third-order valence-corrected chi connectivity index (χ3v) is 8.62. The molecule has 0 fully saturated rings. The molecule has 42 heavy (non-hydrogen) atoms. The van der Waals surface area contributed by atoms with Crippen molar-refractivity contribution < 1.29 is 27.5 Å². The van der Waals surface area contributed by atoms with Gasteiger partial charge in [0.05, 0.1) is 24.3 Å². The SMILES string of the molecule is CCCCNC(=O)C(C)N(Cc1cccc(OC)c1)C(=O)CN(c1ccccc1OCC)S(=O)(=O)c1ccc(Cl)cc1. The fourth-order valence-electron chi connectivity index (χ4n) is 4.27. The highest BCUT2D eigenvalue weighted by Crippen LogP contribution is 2.33. The smallest absolute Gasteiger partial charge is 0.264 e. The maximum atomic E-state index is 14.1. The predicted octanol–water partition coefficient (Wildman–Crippen LogP) is 5.28. The molecule has 0 bridgehead atoms. The third kappa shape index (κ3) is 8.39. The largest absolute Gasteiger partial charge is 0.497 e. The van der Waals surface area contributed by atoms with Crippen LogP contribution in [0.1, 0.15) is 39.2 Å². The first-order valence-corrected chi connectivity index (χ1v) is 15.6. The van der Waals surface area contributed by atoms with E-state index in [9.17, 15) is 18.0 Å². The van der Waals surface area contributed by atoms with Crippen molar-refractivity contribution in [2.45, 2.75) is 51.1 Å². The fourth-order valence-corrected chi connectivity index (χ4v) is 5.82. The van der Waals surface area contributed by atoms with E-state index in [-0.39, 0.29) is 29.6 Å². The summed E-state index contributed by atoms with van der Waals surface area (Å²) in [4.78, 5) is 28.6. The van der Waals surface area contributed by atoms with E-state index in [1.807, 2.05) is 13.0 Å². The molecule has 0 aromatic heterocycles. The molecule has 226 valence electrons. The van der Waals surface area contributed by atoms with Crippen molar-refractivity contribution >= 4 is 39.1 Å². The van der Waals surface area contributed by atoms with Crippen molar-refractivity contribution in [1.82, 2.24) is 10.2 Å². The zero-order valence-corrected chi connectivity index (χ0v) is 26.0. The number of benzene rings is 3. The summed E-state index contributed by atoms with van der Waals surface area (Å²) in [5.41, 5.74) is 0.918. The van der Waals surface area contributed by atoms with Gasteiger partial charge in [0.25, 0.3) is 10.0 Å². The lowest BCUT2D eigenvalue weighted by Crippen LogP contribution is -2.51. The first kappa shape index (κ1) is 32.8. The van der Waals surface area contributed by atoms with Gasteiger partial charge in [-0.3, -0.25) is 13.9 Å². The number of methoxy groups -OCH3 is 1. The summed E-state index contributed by atoms with van der Waals surface area (Å²) < 4.78 is 40.2. The first-order chi connectivity index (χ1) is 20.1. The van der Waals surface area contributed by atoms with Crippen molar-refractivity contribution in [1.29, 1.82) is 0 Å². The van der Waals surface area contributed by atoms with Gasteiger partial charge in [0.15, 0.2) is 0 Å². The Balaban J connectivity index is 2.06. The van der Waals surface area contributed by atoms with E-state index in [0.29, 0.717) is 23.1 Å². The Morgan fingerprint density at radius 3 is 2.38 bits per heavy atom. The Morgan fingerprint density at radius 1 is 1.00 bits per heavy atom. The van der Waals surface area contributed by atoms with Crippen LogP contribution in [0.3, 0.4) is 0 Å². The lowest BCUT2D eigenvalue weighted by atomic mass is 10.1. The van der Waals surface area contributed by atoms with Crippen molar-refractivity contribution in [2.75, 3.05) is 31.1 Å². The molecule has 2 amide bonds. The molecule has 0 aliphatic carbocycles. The van der Waals surface area contributed by atoms with Gasteiger partial charge in [0.1, 0.15) is 24.1 Å². The molecule has 1 unspecified atom stereocenters. The molecule has 0 aliphatic rings. The highest BCUT2D eigenvalue weighted by Gasteiger charge is 2.33. The summed E-state index contributed by atoms with van der Waals surface area (Å²) in [7, 11) is -2.72. The number of unbranched alkanes of at least 4 members (excludes halogenated alkanes) is 1. The number of hydrogen-bond donors (Lipinski definition) is 1. The molecule has 0 spiro atoms. The zero-order valence-electron chi connectivity index (χ0n) is 24.4. The second-order valence-electron chi connectivity index (χ2n) is 9.56. The molecule has 0 saturated heterocycles. The molecule has 0 aliphatic heterocycles. The molecule has 3 aromatic carbocycles. The van der Waals surface area contributed by atoms with Gasteiger partial charge in [-0.1, -0.05) is 49.2 Å². The van der Waals surface area contributed by atoms with Crippen LogP contribution in [0.2, 0.25) is 5.02 Å². The minimum absolute atomic E-state index is 0.0456. The van der Waals surface area contributed by atoms with Crippen LogP contribution in [0.4, 0.5) is 5.69 Å². The van der Waals surface area contributed by atoms with E-state index in [2.05, 4.69) is 5.32 Å². The zero-order chi connectivity index (χ0) is 30.7. The molecule has 9 nitrogen and oxygen atoms in total. The maximum Gasteiger partial charge on any atom is 0.264 e. The predicted molar refractivity (Wildman–Crippen MR) is 165 cm³/mol.